The van der Waals surface area contributed by atoms with Gasteiger partial charge in [0, 0.05) is 0 Å². The molecule has 0 amide bonds. The van der Waals surface area contributed by atoms with Gasteiger partial charge in [-0.3, -0.25) is 0 Å². The summed E-state index contributed by atoms with van der Waals surface area (Å²) in [4.78, 5) is 4.77. The standard InChI is InChI=1S/C6H2Br2Se4/c7-3-1-9-5(11-3)6-10-2-4(8)12-6/h1-2H/b6-5-. The van der Waals surface area contributed by atoms with Crippen molar-refractivity contribution in [2.24, 2.45) is 0 Å². The Labute approximate surface area is 113 Å². The number of halogens is 2. The zero-order valence-electron chi connectivity index (χ0n) is 5.54. The van der Waals surface area contributed by atoms with Crippen LogP contribution in [0.4, 0.5) is 0 Å². The number of hydrogen-bond acceptors (Lipinski definition) is 0. The van der Waals surface area contributed by atoms with Crippen LogP contribution >= 0.6 is 31.9 Å². The van der Waals surface area contributed by atoms with Gasteiger partial charge in [0.1, 0.15) is 0 Å². The van der Waals surface area contributed by atoms with Crippen molar-refractivity contribution < 1.29 is 0 Å². The van der Waals surface area contributed by atoms with Crippen molar-refractivity contribution in [2.75, 3.05) is 0 Å². The Morgan fingerprint density at radius 3 is 1.50 bits per heavy atom. The van der Waals surface area contributed by atoms with Crippen LogP contribution in [0, 0.1) is 0 Å². The van der Waals surface area contributed by atoms with Crippen molar-refractivity contribution in [3.63, 3.8) is 0 Å². The van der Waals surface area contributed by atoms with Gasteiger partial charge in [0.2, 0.25) is 0 Å². The van der Waals surface area contributed by atoms with Crippen molar-refractivity contribution in [1.29, 1.82) is 0 Å². The summed E-state index contributed by atoms with van der Waals surface area (Å²) in [5.41, 5.74) is 0. The topological polar surface area (TPSA) is 0 Å². The van der Waals surface area contributed by atoms with E-state index >= 15 is 0 Å². The van der Waals surface area contributed by atoms with E-state index in [0.29, 0.717) is 59.8 Å². The Balaban J connectivity index is 2.11. The summed E-state index contributed by atoms with van der Waals surface area (Å²) >= 11 is 9.87. The molecule has 0 unspecified atom stereocenters. The van der Waals surface area contributed by atoms with Gasteiger partial charge >= 0.3 is 115 Å². The molecule has 0 aromatic carbocycles. The van der Waals surface area contributed by atoms with Gasteiger partial charge in [-0.05, 0) is 0 Å². The Bertz CT molecular complexity index is 275. The fourth-order valence-corrected chi connectivity index (χ4v) is 18.6. The summed E-state index contributed by atoms with van der Waals surface area (Å²) in [6.07, 6.45) is 0. The summed E-state index contributed by atoms with van der Waals surface area (Å²) in [5.74, 6) is 0. The second-order valence-corrected chi connectivity index (χ2v) is 16.7. The predicted octanol–water partition coefficient (Wildman–Crippen LogP) is 1.34. The summed E-state index contributed by atoms with van der Waals surface area (Å²) in [7, 11) is 0. The van der Waals surface area contributed by atoms with Crippen LogP contribution in [0.1, 0.15) is 0 Å². The Kier molecular flexibility index (Phi) is 4.35. The number of rotatable bonds is 0. The van der Waals surface area contributed by atoms with E-state index in [2.05, 4.69) is 41.8 Å². The third kappa shape index (κ3) is 2.64. The van der Waals surface area contributed by atoms with E-state index < -0.39 is 0 Å². The zero-order chi connectivity index (χ0) is 8.55. The van der Waals surface area contributed by atoms with Crippen LogP contribution in [0.3, 0.4) is 0 Å². The fraction of sp³-hybridized carbons (Fsp3) is 0. The molecule has 64 valence electrons. The molecule has 0 saturated carbocycles. The molecule has 0 bridgehead atoms. The molecule has 2 aliphatic heterocycles. The maximum atomic E-state index is 3.60. The molecule has 0 N–H and O–H groups in total. The van der Waals surface area contributed by atoms with Crippen LogP contribution < -0.4 is 0 Å². The third-order valence-corrected chi connectivity index (χ3v) is 18.8. The van der Waals surface area contributed by atoms with Crippen molar-refractivity contribution in [2.45, 2.75) is 0 Å². The van der Waals surface area contributed by atoms with Crippen molar-refractivity contribution in [3.8, 4) is 0 Å². The molecule has 0 spiro atoms. The first kappa shape index (κ1) is 10.8. The van der Waals surface area contributed by atoms with Gasteiger partial charge in [0.15, 0.2) is 0 Å². The van der Waals surface area contributed by atoms with Gasteiger partial charge in [0.25, 0.3) is 0 Å². The minimum absolute atomic E-state index is 0.657. The summed E-state index contributed by atoms with van der Waals surface area (Å²) in [6, 6.07) is 0. The fourth-order valence-electron chi connectivity index (χ4n) is 0.653. The minimum atomic E-state index is 0.657. The van der Waals surface area contributed by atoms with E-state index in [4.69, 9.17) is 0 Å². The van der Waals surface area contributed by atoms with E-state index in [9.17, 15) is 0 Å². The van der Waals surface area contributed by atoms with Crippen LogP contribution in [0.2, 0.25) is 0 Å². The Morgan fingerprint density at radius 1 is 0.833 bits per heavy atom. The molecule has 0 atom stereocenters. The van der Waals surface area contributed by atoms with Gasteiger partial charge in [-0.2, -0.15) is 0 Å². The van der Waals surface area contributed by atoms with Gasteiger partial charge < -0.3 is 0 Å². The molecule has 0 radical (unpaired) electrons. The zero-order valence-corrected chi connectivity index (χ0v) is 15.6. The number of hydrogen-bond donors (Lipinski definition) is 0. The van der Waals surface area contributed by atoms with Crippen molar-refractivity contribution in [3.05, 3.63) is 23.5 Å². The van der Waals surface area contributed by atoms with E-state index in [0.717, 1.165) is 0 Å². The molecule has 2 heterocycles. The van der Waals surface area contributed by atoms with Crippen LogP contribution in [0.25, 0.3) is 0 Å². The molecular formula is C6H2Br2Se4. The van der Waals surface area contributed by atoms with E-state index in [-0.39, 0.29) is 0 Å². The van der Waals surface area contributed by atoms with Crippen molar-refractivity contribution in [1.82, 2.24) is 0 Å². The summed E-state index contributed by atoms with van der Waals surface area (Å²) in [5, 5.41) is 0. The van der Waals surface area contributed by atoms with Gasteiger partial charge in [-0.25, -0.2) is 0 Å². The molecule has 2 aliphatic rings. The second kappa shape index (κ2) is 4.85. The van der Waals surface area contributed by atoms with Crippen LogP contribution in [0.5, 0.6) is 0 Å². The van der Waals surface area contributed by atoms with Gasteiger partial charge in [-0.15, -0.1) is 0 Å². The Morgan fingerprint density at radius 2 is 1.25 bits per heavy atom. The average molecular weight is 550 g/mol. The van der Waals surface area contributed by atoms with E-state index in [1.165, 1.54) is 6.76 Å². The monoisotopic (exact) mass is 552 g/mol. The van der Waals surface area contributed by atoms with Crippen LogP contribution in [-0.2, 0) is 0 Å². The molecule has 6 heteroatoms. The normalized spacial score (nSPS) is 29.2. The molecule has 0 saturated heterocycles. The second-order valence-electron chi connectivity index (χ2n) is 1.86. The first-order chi connectivity index (χ1) is 5.75. The summed E-state index contributed by atoms with van der Waals surface area (Å²) < 4.78 is 6.53. The Hall–Kier alpha value is 2.26. The van der Waals surface area contributed by atoms with Crippen molar-refractivity contribution >= 4 is 91.7 Å². The SMILES string of the molecule is BrC1=C[Se]/C(=C2\[Se]C=C(Br)[Se]2)[Se]1. The van der Waals surface area contributed by atoms with Crippen LogP contribution in [-0.4, -0.2) is 59.8 Å². The molecule has 0 aliphatic carbocycles. The molecular weight excluding hydrogens is 548 g/mol. The third-order valence-electron chi connectivity index (χ3n) is 1.06. The molecule has 0 nitrogen and oxygen atoms in total. The molecule has 2 rings (SSSR count). The average Bonchev–Trinajstić information content (AvgIpc) is 2.58. The van der Waals surface area contributed by atoms with Crippen LogP contribution in [0.15, 0.2) is 23.5 Å². The first-order valence-electron chi connectivity index (χ1n) is 2.90. The van der Waals surface area contributed by atoms with Gasteiger partial charge in [0.05, 0.1) is 0 Å². The van der Waals surface area contributed by atoms with E-state index in [1.54, 1.807) is 6.74 Å². The molecule has 12 heavy (non-hydrogen) atoms. The summed E-state index contributed by atoms with van der Waals surface area (Å²) in [6.45, 7) is 0. The van der Waals surface area contributed by atoms with E-state index in [1.807, 2.05) is 0 Å². The molecule has 0 fully saturated rings. The van der Waals surface area contributed by atoms with Gasteiger partial charge in [-0.1, -0.05) is 0 Å². The molecule has 0 aromatic rings. The first-order valence-corrected chi connectivity index (χ1v) is 11.6. The quantitative estimate of drug-likeness (QED) is 0.401. The molecule has 0 aromatic heterocycles. The maximum absolute atomic E-state index is 3.60. The predicted molar refractivity (Wildman–Crippen MR) is 64.1 cm³/mol.